The Hall–Kier alpha value is -3.80. The van der Waals surface area contributed by atoms with E-state index in [0.29, 0.717) is 17.9 Å². The zero-order valence-corrected chi connectivity index (χ0v) is 26.3. The van der Waals surface area contributed by atoms with Crippen molar-refractivity contribution in [1.29, 1.82) is 0 Å². The van der Waals surface area contributed by atoms with Crippen LogP contribution in [0.15, 0.2) is 98.4 Å². The molecule has 0 saturated carbocycles. The van der Waals surface area contributed by atoms with Crippen LogP contribution in [0.25, 0.3) is 16.6 Å². The summed E-state index contributed by atoms with van der Waals surface area (Å²) in [5, 5.41) is 5.18. The van der Waals surface area contributed by atoms with Gasteiger partial charge in [0.05, 0.1) is 0 Å². The molecule has 2 atom stereocenters. The molecule has 1 saturated heterocycles. The summed E-state index contributed by atoms with van der Waals surface area (Å²) in [4.78, 5) is 8.06. The zero-order valence-electron chi connectivity index (χ0n) is 26.3. The summed E-state index contributed by atoms with van der Waals surface area (Å²) in [6.07, 6.45) is 8.99. The lowest BCUT2D eigenvalue weighted by atomic mass is 9.73. The summed E-state index contributed by atoms with van der Waals surface area (Å²) in [6.45, 7) is 14.1. The summed E-state index contributed by atoms with van der Waals surface area (Å²) >= 11 is 0. The molecule has 4 N–H and O–H groups in total. The first-order chi connectivity index (χ1) is 20.8. The van der Waals surface area contributed by atoms with Crippen LogP contribution >= 0.6 is 0 Å². The molecule has 6 rings (SSSR count). The maximum atomic E-state index is 5.93. The number of nitrogens with zero attached hydrogens (tertiary/aromatic N) is 2. The molecule has 2 heterocycles. The number of likely N-dealkylation sites (tertiary alicyclic amines) is 1. The van der Waals surface area contributed by atoms with Crippen LogP contribution in [0.2, 0.25) is 0 Å². The topological polar surface area (TPSA) is 60.3 Å². The monoisotopic (exact) mass is 575 g/mol. The maximum absolute atomic E-state index is 5.93. The minimum Gasteiger partial charge on any atom is -0.384 e. The molecule has 0 amide bonds. The first kappa shape index (κ1) is 30.7. The fourth-order valence-electron chi connectivity index (χ4n) is 6.93. The minimum absolute atomic E-state index is 0.230. The maximum Gasteiger partial charge on any atom is 0.0456 e. The molecule has 5 heteroatoms. The standard InChI is InChI=1S/C34H40N4.C4H9N/c1-24(30-22-36-32-13-6-4-11-29(30)32)33(37-25(2)28-10-7-8-26(20-28)21-35)23-38-18-16-34(17-19-38)15-14-27-9-3-5-12-31(27)34;1-4-5(2)3/h3-13,20,22,24,33,36-37H,2,14-19,21,23,35H2,1H3;4H,1H2,2-3H3/t24-,33?;/m1./s1. The molecule has 1 spiro atoms. The van der Waals surface area contributed by atoms with Crippen LogP contribution in [0.1, 0.15) is 59.9 Å². The fraction of sp³-hybridized carbons (Fsp3) is 0.368. The fourth-order valence-corrected chi connectivity index (χ4v) is 6.93. The molecule has 226 valence electrons. The van der Waals surface area contributed by atoms with E-state index >= 15 is 0 Å². The van der Waals surface area contributed by atoms with Gasteiger partial charge < -0.3 is 25.8 Å². The largest absolute Gasteiger partial charge is 0.384 e. The number of nitrogens with one attached hydrogen (secondary N) is 2. The number of rotatable bonds is 9. The average Bonchev–Trinajstić information content (AvgIpc) is 3.64. The second-order valence-electron chi connectivity index (χ2n) is 12.6. The Morgan fingerprint density at radius 2 is 1.77 bits per heavy atom. The van der Waals surface area contributed by atoms with E-state index in [4.69, 9.17) is 5.73 Å². The Bertz CT molecular complexity index is 1520. The highest BCUT2D eigenvalue weighted by molar-refractivity contribution is 5.83. The van der Waals surface area contributed by atoms with Gasteiger partial charge in [-0.25, -0.2) is 0 Å². The van der Waals surface area contributed by atoms with Gasteiger partial charge >= 0.3 is 0 Å². The quantitative estimate of drug-likeness (QED) is 0.201. The van der Waals surface area contributed by atoms with Crippen LogP contribution in [0, 0.1) is 0 Å². The van der Waals surface area contributed by atoms with Gasteiger partial charge in [0, 0.05) is 61.9 Å². The zero-order chi connectivity index (χ0) is 30.4. The van der Waals surface area contributed by atoms with Crippen molar-refractivity contribution in [3.05, 3.63) is 126 Å². The van der Waals surface area contributed by atoms with Gasteiger partial charge in [0.15, 0.2) is 0 Å². The molecule has 3 aromatic carbocycles. The number of para-hydroxylation sites is 1. The van der Waals surface area contributed by atoms with Gasteiger partial charge in [-0.2, -0.15) is 0 Å². The molecule has 0 radical (unpaired) electrons. The number of hydrogen-bond acceptors (Lipinski definition) is 4. The van der Waals surface area contributed by atoms with Gasteiger partial charge in [-0.1, -0.05) is 80.7 Å². The molecule has 1 aliphatic heterocycles. The lowest BCUT2D eigenvalue weighted by Crippen LogP contribution is -2.48. The molecule has 0 bridgehead atoms. The van der Waals surface area contributed by atoms with Crippen LogP contribution in [-0.4, -0.2) is 54.6 Å². The smallest absolute Gasteiger partial charge is 0.0456 e. The number of fused-ring (bicyclic) bond motifs is 3. The van der Waals surface area contributed by atoms with Crippen molar-refractivity contribution < 1.29 is 0 Å². The Morgan fingerprint density at radius 1 is 1.05 bits per heavy atom. The summed E-state index contributed by atoms with van der Waals surface area (Å²) in [6, 6.07) is 26.5. The number of hydrogen-bond donors (Lipinski definition) is 3. The van der Waals surface area contributed by atoms with Crippen molar-refractivity contribution in [2.45, 2.75) is 56.5 Å². The Balaban J connectivity index is 0.000000682. The van der Waals surface area contributed by atoms with E-state index in [1.165, 1.54) is 42.1 Å². The summed E-state index contributed by atoms with van der Waals surface area (Å²) in [5.41, 5.74) is 15.3. The summed E-state index contributed by atoms with van der Waals surface area (Å²) < 4.78 is 0. The predicted octanol–water partition coefficient (Wildman–Crippen LogP) is 7.03. The minimum atomic E-state index is 0.230. The third-order valence-corrected chi connectivity index (χ3v) is 9.68. The Labute approximate surface area is 258 Å². The van der Waals surface area contributed by atoms with Crippen LogP contribution in [0.3, 0.4) is 0 Å². The Kier molecular flexibility index (Phi) is 9.74. The van der Waals surface area contributed by atoms with Crippen molar-refractivity contribution >= 4 is 16.6 Å². The van der Waals surface area contributed by atoms with Crippen molar-refractivity contribution in [1.82, 2.24) is 20.1 Å². The summed E-state index contributed by atoms with van der Waals surface area (Å²) in [5.74, 6) is 0.309. The lowest BCUT2D eigenvalue weighted by Gasteiger charge is -2.42. The molecular formula is C38H49N5. The summed E-state index contributed by atoms with van der Waals surface area (Å²) in [7, 11) is 3.88. The third-order valence-electron chi connectivity index (χ3n) is 9.68. The highest BCUT2D eigenvalue weighted by Crippen LogP contribution is 2.46. The van der Waals surface area contributed by atoms with Crippen molar-refractivity contribution in [2.24, 2.45) is 5.73 Å². The second kappa shape index (κ2) is 13.7. The molecule has 1 aromatic heterocycles. The SMILES string of the molecule is C=C(NC(CN1CCC2(CCc3ccccc32)CC1)[C@H](C)c1c[nH]c2ccccc12)c1cccc(CN)c1.C=CN(C)C. The molecular weight excluding hydrogens is 526 g/mol. The van der Waals surface area contributed by atoms with E-state index in [1.54, 1.807) is 17.3 Å². The Morgan fingerprint density at radius 3 is 2.51 bits per heavy atom. The number of aromatic nitrogens is 1. The molecule has 4 aromatic rings. The predicted molar refractivity (Wildman–Crippen MR) is 183 cm³/mol. The van der Waals surface area contributed by atoms with Crippen LogP contribution in [-0.2, 0) is 18.4 Å². The third kappa shape index (κ3) is 6.90. The van der Waals surface area contributed by atoms with Crippen molar-refractivity contribution in [2.75, 3.05) is 33.7 Å². The number of H-pyrrole nitrogens is 1. The second-order valence-corrected chi connectivity index (χ2v) is 12.6. The molecule has 1 fully saturated rings. The molecule has 5 nitrogen and oxygen atoms in total. The van der Waals surface area contributed by atoms with Crippen molar-refractivity contribution in [3.8, 4) is 0 Å². The first-order valence-electron chi connectivity index (χ1n) is 15.7. The van der Waals surface area contributed by atoms with E-state index in [-0.39, 0.29) is 6.04 Å². The van der Waals surface area contributed by atoms with Gasteiger partial charge in [-0.15, -0.1) is 0 Å². The molecule has 2 aliphatic rings. The van der Waals surface area contributed by atoms with Gasteiger partial charge in [0.25, 0.3) is 0 Å². The number of aromatic amines is 1. The van der Waals surface area contributed by atoms with E-state index < -0.39 is 0 Å². The van der Waals surface area contributed by atoms with Crippen molar-refractivity contribution in [3.63, 3.8) is 0 Å². The normalized spacial score (nSPS) is 17.0. The molecule has 43 heavy (non-hydrogen) atoms. The highest BCUT2D eigenvalue weighted by Gasteiger charge is 2.41. The van der Waals surface area contributed by atoms with Crippen LogP contribution < -0.4 is 11.1 Å². The average molecular weight is 576 g/mol. The van der Waals surface area contributed by atoms with E-state index in [9.17, 15) is 0 Å². The van der Waals surface area contributed by atoms with Gasteiger partial charge in [0.1, 0.15) is 0 Å². The van der Waals surface area contributed by atoms with E-state index in [2.05, 4.69) is 114 Å². The number of benzene rings is 3. The van der Waals surface area contributed by atoms with Crippen LogP contribution in [0.5, 0.6) is 0 Å². The van der Waals surface area contributed by atoms with E-state index in [1.807, 2.05) is 19.0 Å². The van der Waals surface area contributed by atoms with Gasteiger partial charge in [0.2, 0.25) is 0 Å². The number of nitrogens with two attached hydrogens (primary N) is 1. The lowest BCUT2D eigenvalue weighted by molar-refractivity contribution is 0.144. The highest BCUT2D eigenvalue weighted by atomic mass is 15.2. The van der Waals surface area contributed by atoms with Gasteiger partial charge in [-0.05, 0) is 90.3 Å². The first-order valence-corrected chi connectivity index (χ1v) is 15.7. The molecule has 1 aliphatic carbocycles. The molecule has 1 unspecified atom stereocenters. The number of aryl methyl sites for hydroxylation is 1. The van der Waals surface area contributed by atoms with Gasteiger partial charge in [-0.3, -0.25) is 0 Å². The number of piperidine rings is 1. The van der Waals surface area contributed by atoms with Crippen LogP contribution in [0.4, 0.5) is 0 Å². The van der Waals surface area contributed by atoms with E-state index in [0.717, 1.165) is 36.5 Å².